The van der Waals surface area contributed by atoms with Gasteiger partial charge in [0, 0.05) is 23.3 Å². The van der Waals surface area contributed by atoms with Crippen LogP contribution in [0.2, 0.25) is 0 Å². The van der Waals surface area contributed by atoms with Crippen LogP contribution in [0.1, 0.15) is 11.1 Å². The van der Waals surface area contributed by atoms with E-state index in [1.165, 1.54) is 11.1 Å². The van der Waals surface area contributed by atoms with E-state index in [9.17, 15) is 0 Å². The van der Waals surface area contributed by atoms with Crippen LogP contribution in [-0.4, -0.2) is 7.11 Å². The lowest BCUT2D eigenvalue weighted by Crippen LogP contribution is -1.91. The Morgan fingerprint density at radius 2 is 1.72 bits per heavy atom. The van der Waals surface area contributed by atoms with Gasteiger partial charge in [-0.15, -0.1) is 0 Å². The van der Waals surface area contributed by atoms with Crippen molar-refractivity contribution in [3.05, 3.63) is 59.7 Å². The van der Waals surface area contributed by atoms with Gasteiger partial charge in [-0.05, 0) is 23.3 Å². The number of benzene rings is 2. The Balaban J connectivity index is 1.92. The van der Waals surface area contributed by atoms with E-state index >= 15 is 0 Å². The van der Waals surface area contributed by atoms with E-state index < -0.39 is 0 Å². The van der Waals surface area contributed by atoms with Crippen LogP contribution in [0.25, 0.3) is 0 Å². The van der Waals surface area contributed by atoms with Gasteiger partial charge in [0.2, 0.25) is 0 Å². The summed E-state index contributed by atoms with van der Waals surface area (Å²) in [7, 11) is 1.66. The first-order valence-electron chi connectivity index (χ1n) is 5.83. The molecule has 2 nitrogen and oxygen atoms in total. The number of nitrogens with two attached hydrogens (primary N) is 1. The summed E-state index contributed by atoms with van der Waals surface area (Å²) in [5, 5.41) is 0. The topological polar surface area (TPSA) is 35.2 Å². The van der Waals surface area contributed by atoms with Crippen molar-refractivity contribution in [1.82, 2.24) is 0 Å². The normalized spacial score (nSPS) is 10.3. The summed E-state index contributed by atoms with van der Waals surface area (Å²) in [5.74, 6) is 2.78. The fraction of sp³-hybridized carbons (Fsp3) is 0.200. The monoisotopic (exact) mass is 259 g/mol. The molecular weight excluding hydrogens is 242 g/mol. The summed E-state index contributed by atoms with van der Waals surface area (Å²) in [6.07, 6.45) is 0. The second-order valence-electron chi connectivity index (χ2n) is 4.09. The first-order chi connectivity index (χ1) is 8.78. The van der Waals surface area contributed by atoms with Gasteiger partial charge in [0.1, 0.15) is 5.75 Å². The Hall–Kier alpha value is -1.61. The molecule has 0 saturated carbocycles. The van der Waals surface area contributed by atoms with Crippen molar-refractivity contribution in [2.24, 2.45) is 0 Å². The largest absolute Gasteiger partial charge is 0.497 e. The Morgan fingerprint density at radius 3 is 2.44 bits per heavy atom. The zero-order valence-corrected chi connectivity index (χ0v) is 11.2. The highest BCUT2D eigenvalue weighted by Crippen LogP contribution is 2.23. The minimum absolute atomic E-state index is 0.754. The molecule has 3 heteroatoms. The van der Waals surface area contributed by atoms with E-state index in [0.717, 1.165) is 22.9 Å². The third kappa shape index (κ3) is 3.70. The molecule has 0 aliphatic heterocycles. The van der Waals surface area contributed by atoms with Gasteiger partial charge in [-0.3, -0.25) is 0 Å². The molecule has 0 aliphatic carbocycles. The maximum atomic E-state index is 5.83. The molecule has 0 bridgehead atoms. The van der Waals surface area contributed by atoms with Gasteiger partial charge in [0.15, 0.2) is 0 Å². The van der Waals surface area contributed by atoms with E-state index in [4.69, 9.17) is 10.5 Å². The molecule has 0 fully saturated rings. The number of rotatable bonds is 5. The average molecular weight is 259 g/mol. The molecule has 0 aliphatic rings. The molecule has 2 aromatic carbocycles. The van der Waals surface area contributed by atoms with Crippen molar-refractivity contribution in [2.45, 2.75) is 11.5 Å². The molecule has 0 atom stereocenters. The molecular formula is C15H17NOS. The number of hydrogen-bond donors (Lipinski definition) is 1. The van der Waals surface area contributed by atoms with Gasteiger partial charge in [0.05, 0.1) is 7.11 Å². The number of nitrogen functional groups attached to an aromatic ring is 1. The number of ether oxygens (including phenoxy) is 1. The smallest absolute Gasteiger partial charge is 0.121 e. The second kappa shape index (κ2) is 6.36. The number of thioether (sulfide) groups is 1. The molecule has 18 heavy (non-hydrogen) atoms. The van der Waals surface area contributed by atoms with Gasteiger partial charge >= 0.3 is 0 Å². The standard InChI is InChI=1S/C15H17NOS/c1-17-15-8-13(7-14(16)9-15)11-18-10-12-5-3-2-4-6-12/h2-9H,10-11,16H2,1H3. The number of methoxy groups -OCH3 is 1. The quantitative estimate of drug-likeness (QED) is 0.831. The van der Waals surface area contributed by atoms with Gasteiger partial charge in [-0.1, -0.05) is 30.3 Å². The van der Waals surface area contributed by atoms with E-state index in [1.54, 1.807) is 7.11 Å². The molecule has 2 rings (SSSR count). The highest BCUT2D eigenvalue weighted by atomic mass is 32.2. The minimum Gasteiger partial charge on any atom is -0.497 e. The lowest BCUT2D eigenvalue weighted by Gasteiger charge is -2.06. The van der Waals surface area contributed by atoms with Crippen molar-refractivity contribution in [1.29, 1.82) is 0 Å². The molecule has 0 amide bonds. The van der Waals surface area contributed by atoms with Crippen LogP contribution in [0, 0.1) is 0 Å². The van der Waals surface area contributed by atoms with Gasteiger partial charge in [-0.2, -0.15) is 11.8 Å². The van der Waals surface area contributed by atoms with Crippen LogP contribution in [0.5, 0.6) is 5.75 Å². The highest BCUT2D eigenvalue weighted by molar-refractivity contribution is 7.97. The maximum absolute atomic E-state index is 5.83. The zero-order valence-electron chi connectivity index (χ0n) is 10.4. The van der Waals surface area contributed by atoms with Gasteiger partial charge in [-0.25, -0.2) is 0 Å². The van der Waals surface area contributed by atoms with Crippen LogP contribution in [0.4, 0.5) is 5.69 Å². The molecule has 0 radical (unpaired) electrons. The summed E-state index contributed by atoms with van der Waals surface area (Å²) in [6.45, 7) is 0. The molecule has 0 aromatic heterocycles. The van der Waals surface area contributed by atoms with Crippen molar-refractivity contribution in [2.75, 3.05) is 12.8 Å². The highest BCUT2D eigenvalue weighted by Gasteiger charge is 2.00. The Morgan fingerprint density at radius 1 is 1.00 bits per heavy atom. The predicted octanol–water partition coefficient (Wildman–Crippen LogP) is 3.71. The van der Waals surface area contributed by atoms with E-state index in [-0.39, 0.29) is 0 Å². The Kier molecular flexibility index (Phi) is 4.53. The first kappa shape index (κ1) is 12.8. The first-order valence-corrected chi connectivity index (χ1v) is 6.98. The molecule has 2 aromatic rings. The van der Waals surface area contributed by atoms with Crippen molar-refractivity contribution >= 4 is 17.4 Å². The molecule has 94 valence electrons. The molecule has 0 saturated heterocycles. The SMILES string of the molecule is COc1cc(N)cc(CSCc2ccccc2)c1. The minimum atomic E-state index is 0.754. The average Bonchev–Trinajstić information content (AvgIpc) is 2.39. The Bertz CT molecular complexity index is 499. The van der Waals surface area contributed by atoms with Gasteiger partial charge in [0.25, 0.3) is 0 Å². The summed E-state index contributed by atoms with van der Waals surface area (Å²) >= 11 is 1.88. The van der Waals surface area contributed by atoms with Crippen LogP contribution < -0.4 is 10.5 Å². The van der Waals surface area contributed by atoms with Crippen molar-refractivity contribution in [3.63, 3.8) is 0 Å². The Labute approximate surface area is 112 Å². The molecule has 0 heterocycles. The second-order valence-corrected chi connectivity index (χ2v) is 5.08. The number of anilines is 1. The van der Waals surface area contributed by atoms with Crippen LogP contribution >= 0.6 is 11.8 Å². The van der Waals surface area contributed by atoms with E-state index in [0.29, 0.717) is 0 Å². The summed E-state index contributed by atoms with van der Waals surface area (Å²) < 4.78 is 5.21. The number of hydrogen-bond acceptors (Lipinski definition) is 3. The van der Waals surface area contributed by atoms with Crippen molar-refractivity contribution < 1.29 is 4.74 Å². The predicted molar refractivity (Wildman–Crippen MR) is 78.8 cm³/mol. The third-order valence-electron chi connectivity index (χ3n) is 2.60. The summed E-state index contributed by atoms with van der Waals surface area (Å²) in [6, 6.07) is 16.3. The van der Waals surface area contributed by atoms with E-state index in [2.05, 4.69) is 24.3 Å². The third-order valence-corrected chi connectivity index (χ3v) is 3.68. The summed E-state index contributed by atoms with van der Waals surface area (Å²) in [5.41, 5.74) is 9.13. The zero-order chi connectivity index (χ0) is 12.8. The fourth-order valence-corrected chi connectivity index (χ4v) is 2.68. The van der Waals surface area contributed by atoms with Crippen LogP contribution in [0.15, 0.2) is 48.5 Å². The van der Waals surface area contributed by atoms with Crippen LogP contribution in [0.3, 0.4) is 0 Å². The maximum Gasteiger partial charge on any atom is 0.121 e. The molecule has 0 spiro atoms. The molecule has 0 unspecified atom stereocenters. The molecule has 2 N–H and O–H groups in total. The van der Waals surface area contributed by atoms with Gasteiger partial charge < -0.3 is 10.5 Å². The van der Waals surface area contributed by atoms with Crippen LogP contribution in [-0.2, 0) is 11.5 Å². The van der Waals surface area contributed by atoms with Crippen molar-refractivity contribution in [3.8, 4) is 5.75 Å². The fourth-order valence-electron chi connectivity index (χ4n) is 1.75. The lowest BCUT2D eigenvalue weighted by atomic mass is 10.2. The van der Waals surface area contributed by atoms with E-state index in [1.807, 2.05) is 36.0 Å². The summed E-state index contributed by atoms with van der Waals surface area (Å²) in [4.78, 5) is 0. The lowest BCUT2D eigenvalue weighted by molar-refractivity contribution is 0.414.